The number of carbonyl (C=O) groups is 2. The normalized spacial score (nSPS) is 21.2. The van der Waals surface area contributed by atoms with Crippen molar-refractivity contribution in [2.75, 3.05) is 20.2 Å². The van der Waals surface area contributed by atoms with Crippen molar-refractivity contribution < 1.29 is 18.7 Å². The summed E-state index contributed by atoms with van der Waals surface area (Å²) in [5.74, 6) is -1.26. The Hall–Kier alpha value is -2.51. The van der Waals surface area contributed by atoms with Crippen LogP contribution in [0.25, 0.3) is 11.0 Å². The van der Waals surface area contributed by atoms with Crippen LogP contribution in [0.3, 0.4) is 0 Å². The second kappa shape index (κ2) is 6.66. The fourth-order valence-electron chi connectivity index (χ4n) is 3.28. The van der Waals surface area contributed by atoms with Gasteiger partial charge in [0.1, 0.15) is 0 Å². The van der Waals surface area contributed by atoms with Gasteiger partial charge in [0.25, 0.3) is 5.91 Å². The van der Waals surface area contributed by atoms with Crippen LogP contribution in [0.1, 0.15) is 48.8 Å². The van der Waals surface area contributed by atoms with Gasteiger partial charge in [-0.25, -0.2) is 18.9 Å². The number of aromatic nitrogens is 3. The number of halogens is 1. The second-order valence-corrected chi connectivity index (χ2v) is 6.83. The standard InChI is InChI=1S/C18H23FN4O3/c1-5-12(3)23-15-14(9-20-23)13(8-11(2)21-15)16(24)22-7-6-18(19,10-22)17(25)26-4/h8-9,12H,5-7,10H2,1-4H3/t12-,18-/m0/s1. The Balaban J connectivity index is 1.97. The fourth-order valence-corrected chi connectivity index (χ4v) is 3.28. The van der Waals surface area contributed by atoms with Gasteiger partial charge in [-0.1, -0.05) is 6.92 Å². The van der Waals surface area contributed by atoms with Crippen LogP contribution in [0.2, 0.25) is 0 Å². The van der Waals surface area contributed by atoms with Crippen LogP contribution in [0, 0.1) is 6.92 Å². The van der Waals surface area contributed by atoms with Gasteiger partial charge in [-0.3, -0.25) is 4.79 Å². The van der Waals surface area contributed by atoms with Gasteiger partial charge < -0.3 is 9.64 Å². The molecule has 2 atom stereocenters. The highest BCUT2D eigenvalue weighted by atomic mass is 19.1. The minimum atomic E-state index is -2.15. The summed E-state index contributed by atoms with van der Waals surface area (Å²) in [4.78, 5) is 30.5. The molecule has 26 heavy (non-hydrogen) atoms. The maximum absolute atomic E-state index is 14.7. The molecular weight excluding hydrogens is 339 g/mol. The molecule has 0 radical (unpaired) electrons. The molecule has 7 nitrogen and oxygen atoms in total. The quantitative estimate of drug-likeness (QED) is 0.781. The zero-order chi connectivity index (χ0) is 19.1. The van der Waals surface area contributed by atoms with E-state index in [4.69, 9.17) is 0 Å². The number of ether oxygens (including phenoxy) is 1. The maximum Gasteiger partial charge on any atom is 0.345 e. The van der Waals surface area contributed by atoms with Crippen LogP contribution in [0.15, 0.2) is 12.3 Å². The minimum Gasteiger partial charge on any atom is -0.467 e. The summed E-state index contributed by atoms with van der Waals surface area (Å²) in [6.07, 6.45) is 2.44. The smallest absolute Gasteiger partial charge is 0.345 e. The SMILES string of the molecule is CC[C@H](C)n1ncc2c(C(=O)N3CC[C@@](F)(C(=O)OC)C3)cc(C)nc21. The second-order valence-electron chi connectivity index (χ2n) is 6.83. The average molecular weight is 362 g/mol. The van der Waals surface area contributed by atoms with Crippen LogP contribution in [-0.2, 0) is 9.53 Å². The summed E-state index contributed by atoms with van der Waals surface area (Å²) >= 11 is 0. The van der Waals surface area contributed by atoms with Crippen molar-refractivity contribution >= 4 is 22.9 Å². The first kappa shape index (κ1) is 18.3. The summed E-state index contributed by atoms with van der Waals surface area (Å²) < 4.78 is 21.0. The molecule has 1 saturated heterocycles. The molecule has 0 N–H and O–H groups in total. The molecule has 1 fully saturated rings. The molecule has 1 amide bonds. The number of amides is 1. The molecule has 3 heterocycles. The van der Waals surface area contributed by atoms with Crippen LogP contribution < -0.4 is 0 Å². The van der Waals surface area contributed by atoms with Crippen LogP contribution in [0.4, 0.5) is 4.39 Å². The lowest BCUT2D eigenvalue weighted by atomic mass is 10.1. The predicted molar refractivity (Wildman–Crippen MR) is 93.6 cm³/mol. The van der Waals surface area contributed by atoms with Crippen molar-refractivity contribution in [3.05, 3.63) is 23.5 Å². The summed E-state index contributed by atoms with van der Waals surface area (Å²) in [6, 6.07) is 1.83. The number of nitrogens with zero attached hydrogens (tertiary/aromatic N) is 4. The highest BCUT2D eigenvalue weighted by Gasteiger charge is 2.48. The van der Waals surface area contributed by atoms with Crippen molar-refractivity contribution in [2.45, 2.75) is 45.3 Å². The summed E-state index contributed by atoms with van der Waals surface area (Å²) in [6.45, 7) is 5.75. The Morgan fingerprint density at radius 1 is 1.46 bits per heavy atom. The number of hydrogen-bond acceptors (Lipinski definition) is 5. The van der Waals surface area contributed by atoms with Crippen molar-refractivity contribution in [1.82, 2.24) is 19.7 Å². The molecule has 0 saturated carbocycles. The van der Waals surface area contributed by atoms with E-state index >= 15 is 0 Å². The number of likely N-dealkylation sites (tertiary alicyclic amines) is 1. The Morgan fingerprint density at radius 3 is 2.85 bits per heavy atom. The Labute approximate surface area is 151 Å². The van der Waals surface area contributed by atoms with Gasteiger partial charge in [0, 0.05) is 18.7 Å². The summed E-state index contributed by atoms with van der Waals surface area (Å²) in [5.41, 5.74) is -0.394. The number of esters is 1. The molecule has 0 spiro atoms. The van der Waals surface area contributed by atoms with Gasteiger partial charge >= 0.3 is 5.97 Å². The largest absolute Gasteiger partial charge is 0.467 e. The van der Waals surface area contributed by atoms with Gasteiger partial charge in [0.05, 0.1) is 36.8 Å². The average Bonchev–Trinajstić information content (AvgIpc) is 3.23. The molecule has 0 bridgehead atoms. The van der Waals surface area contributed by atoms with E-state index in [1.807, 2.05) is 13.8 Å². The Bertz CT molecular complexity index is 865. The number of rotatable bonds is 4. The zero-order valence-electron chi connectivity index (χ0n) is 15.5. The van der Waals surface area contributed by atoms with Gasteiger partial charge in [-0.05, 0) is 26.3 Å². The third kappa shape index (κ3) is 2.93. The van der Waals surface area contributed by atoms with Crippen molar-refractivity contribution in [1.29, 1.82) is 0 Å². The number of aryl methyl sites for hydroxylation is 1. The highest BCUT2D eigenvalue weighted by molar-refractivity contribution is 6.06. The molecule has 2 aromatic rings. The zero-order valence-corrected chi connectivity index (χ0v) is 15.5. The highest BCUT2D eigenvalue weighted by Crippen LogP contribution is 2.30. The lowest BCUT2D eigenvalue weighted by molar-refractivity contribution is -0.153. The lowest BCUT2D eigenvalue weighted by Crippen LogP contribution is -2.39. The molecule has 1 aliphatic heterocycles. The monoisotopic (exact) mass is 362 g/mol. The third-order valence-electron chi connectivity index (χ3n) is 4.99. The van der Waals surface area contributed by atoms with E-state index in [0.717, 1.165) is 13.5 Å². The van der Waals surface area contributed by atoms with Crippen LogP contribution in [0.5, 0.6) is 0 Å². The summed E-state index contributed by atoms with van der Waals surface area (Å²) in [5, 5.41) is 5.02. The van der Waals surface area contributed by atoms with E-state index in [9.17, 15) is 14.0 Å². The number of methoxy groups -OCH3 is 1. The van der Waals surface area contributed by atoms with Gasteiger partial charge in [0.2, 0.25) is 5.67 Å². The minimum absolute atomic E-state index is 0.0647. The van der Waals surface area contributed by atoms with Crippen LogP contribution >= 0.6 is 0 Å². The van der Waals surface area contributed by atoms with Crippen molar-refractivity contribution in [3.8, 4) is 0 Å². The number of alkyl halides is 1. The first-order chi connectivity index (χ1) is 12.3. The van der Waals surface area contributed by atoms with Gasteiger partial charge in [-0.15, -0.1) is 0 Å². The number of hydrogen-bond donors (Lipinski definition) is 0. The van der Waals surface area contributed by atoms with Gasteiger partial charge in [0.15, 0.2) is 5.65 Å². The van der Waals surface area contributed by atoms with Crippen molar-refractivity contribution in [3.63, 3.8) is 0 Å². The lowest BCUT2D eigenvalue weighted by Gasteiger charge is -2.19. The number of pyridine rings is 1. The molecule has 1 aliphatic rings. The number of fused-ring (bicyclic) bond motifs is 1. The Morgan fingerprint density at radius 2 is 2.19 bits per heavy atom. The first-order valence-corrected chi connectivity index (χ1v) is 8.72. The van der Waals surface area contributed by atoms with Gasteiger partial charge in [-0.2, -0.15) is 5.10 Å². The third-order valence-corrected chi connectivity index (χ3v) is 4.99. The molecule has 3 rings (SSSR count). The van der Waals surface area contributed by atoms with E-state index in [-0.39, 0.29) is 31.5 Å². The van der Waals surface area contributed by atoms with E-state index in [2.05, 4.69) is 21.7 Å². The van der Waals surface area contributed by atoms with E-state index < -0.39 is 11.6 Å². The number of carbonyl (C=O) groups excluding carboxylic acids is 2. The molecule has 0 aromatic carbocycles. The summed E-state index contributed by atoms with van der Waals surface area (Å²) in [7, 11) is 1.15. The Kier molecular flexibility index (Phi) is 4.68. The molecule has 0 unspecified atom stereocenters. The molecule has 0 aliphatic carbocycles. The first-order valence-electron chi connectivity index (χ1n) is 8.72. The topological polar surface area (TPSA) is 77.3 Å². The maximum atomic E-state index is 14.7. The molecule has 8 heteroatoms. The van der Waals surface area contributed by atoms with Crippen LogP contribution in [-0.4, -0.2) is 57.4 Å². The van der Waals surface area contributed by atoms with E-state index in [0.29, 0.717) is 22.3 Å². The fraction of sp³-hybridized carbons (Fsp3) is 0.556. The molecular formula is C18H23FN4O3. The molecule has 2 aromatic heterocycles. The molecule has 140 valence electrons. The van der Waals surface area contributed by atoms with E-state index in [1.54, 1.807) is 16.9 Å². The predicted octanol–water partition coefficient (Wildman–Crippen LogP) is 2.44. The van der Waals surface area contributed by atoms with E-state index in [1.165, 1.54) is 4.90 Å². The van der Waals surface area contributed by atoms with Crippen molar-refractivity contribution in [2.24, 2.45) is 0 Å².